The molecule has 206 valence electrons. The largest absolute Gasteiger partial charge is 0.493 e. The predicted octanol–water partition coefficient (Wildman–Crippen LogP) is 4.71. The maximum absolute atomic E-state index is 12.4. The van der Waals surface area contributed by atoms with Gasteiger partial charge in [0.25, 0.3) is 11.8 Å². The van der Waals surface area contributed by atoms with Gasteiger partial charge in [0.1, 0.15) is 6.61 Å². The molecule has 4 aromatic rings. The third-order valence-electron chi connectivity index (χ3n) is 5.99. The summed E-state index contributed by atoms with van der Waals surface area (Å²) in [5.41, 5.74) is 4.52. The Morgan fingerprint density at radius 3 is 2.40 bits per heavy atom. The highest BCUT2D eigenvalue weighted by molar-refractivity contribution is 5.97. The molecular formula is C31H31N3O6. The minimum absolute atomic E-state index is 0.254. The van der Waals surface area contributed by atoms with Gasteiger partial charge in [-0.3, -0.25) is 9.59 Å². The van der Waals surface area contributed by atoms with Crippen molar-refractivity contribution in [1.29, 1.82) is 0 Å². The van der Waals surface area contributed by atoms with E-state index >= 15 is 0 Å². The number of fused-ring (bicyclic) bond motifs is 1. The summed E-state index contributed by atoms with van der Waals surface area (Å²) in [6.45, 7) is 2.49. The van der Waals surface area contributed by atoms with Gasteiger partial charge in [0.05, 0.1) is 33.6 Å². The Morgan fingerprint density at radius 1 is 0.825 bits per heavy atom. The fourth-order valence-corrected chi connectivity index (χ4v) is 4.02. The van der Waals surface area contributed by atoms with Crippen molar-refractivity contribution in [2.45, 2.75) is 13.5 Å². The molecule has 0 aliphatic rings. The summed E-state index contributed by atoms with van der Waals surface area (Å²) in [6, 6.07) is 24.5. The molecule has 0 aromatic heterocycles. The fraction of sp³-hybridized carbons (Fsp3) is 0.194. The molecule has 4 rings (SSSR count). The average Bonchev–Trinajstić information content (AvgIpc) is 2.99. The summed E-state index contributed by atoms with van der Waals surface area (Å²) < 4.78 is 22.3. The maximum atomic E-state index is 12.4. The second-order valence-corrected chi connectivity index (χ2v) is 8.61. The number of nitrogens with one attached hydrogen (secondary N) is 2. The van der Waals surface area contributed by atoms with Crippen LogP contribution in [0, 0.1) is 0 Å². The molecule has 0 aliphatic heterocycles. The molecule has 9 heteroatoms. The van der Waals surface area contributed by atoms with E-state index < -0.39 is 11.8 Å². The van der Waals surface area contributed by atoms with E-state index in [1.165, 1.54) is 26.5 Å². The van der Waals surface area contributed by atoms with E-state index in [-0.39, 0.29) is 6.54 Å². The van der Waals surface area contributed by atoms with Crippen LogP contribution in [-0.4, -0.2) is 45.4 Å². The van der Waals surface area contributed by atoms with Crippen molar-refractivity contribution in [2.75, 3.05) is 27.4 Å². The van der Waals surface area contributed by atoms with Crippen LogP contribution in [0.3, 0.4) is 0 Å². The lowest BCUT2D eigenvalue weighted by Gasteiger charge is -2.13. The normalized spacial score (nSPS) is 10.8. The summed E-state index contributed by atoms with van der Waals surface area (Å²) >= 11 is 0. The molecule has 2 N–H and O–H groups in total. The Bertz CT molecular complexity index is 1510. The molecule has 0 unspecified atom stereocenters. The molecule has 0 saturated heterocycles. The zero-order valence-electron chi connectivity index (χ0n) is 22.6. The third kappa shape index (κ3) is 7.08. The Hall–Kier alpha value is -5.05. The number of amides is 2. The van der Waals surface area contributed by atoms with E-state index in [0.717, 1.165) is 16.3 Å². The van der Waals surface area contributed by atoms with Crippen LogP contribution < -0.4 is 29.7 Å². The van der Waals surface area contributed by atoms with Gasteiger partial charge in [0, 0.05) is 5.56 Å². The maximum Gasteiger partial charge on any atom is 0.259 e. The van der Waals surface area contributed by atoms with Crippen molar-refractivity contribution >= 4 is 28.8 Å². The number of benzene rings is 4. The van der Waals surface area contributed by atoms with Gasteiger partial charge in [-0.1, -0.05) is 42.5 Å². The first-order valence-corrected chi connectivity index (χ1v) is 12.7. The highest BCUT2D eigenvalue weighted by Gasteiger charge is 2.12. The zero-order valence-corrected chi connectivity index (χ0v) is 22.6. The van der Waals surface area contributed by atoms with Crippen molar-refractivity contribution in [3.63, 3.8) is 0 Å². The predicted molar refractivity (Wildman–Crippen MR) is 154 cm³/mol. The number of hydrazone groups is 1. The summed E-state index contributed by atoms with van der Waals surface area (Å²) in [5.74, 6) is 1.18. The van der Waals surface area contributed by atoms with Crippen LogP contribution in [0.5, 0.6) is 23.0 Å². The Morgan fingerprint density at radius 2 is 1.60 bits per heavy atom. The first-order chi connectivity index (χ1) is 19.5. The van der Waals surface area contributed by atoms with E-state index in [1.54, 1.807) is 18.2 Å². The molecule has 40 heavy (non-hydrogen) atoms. The highest BCUT2D eigenvalue weighted by Crippen LogP contribution is 2.30. The number of ether oxygens (including phenoxy) is 4. The second-order valence-electron chi connectivity index (χ2n) is 8.61. The van der Waals surface area contributed by atoms with Gasteiger partial charge in [-0.15, -0.1) is 0 Å². The van der Waals surface area contributed by atoms with E-state index in [9.17, 15) is 9.59 Å². The fourth-order valence-electron chi connectivity index (χ4n) is 4.02. The smallest absolute Gasteiger partial charge is 0.259 e. The molecule has 2 amide bonds. The lowest BCUT2D eigenvalue weighted by Crippen LogP contribution is -2.34. The quantitative estimate of drug-likeness (QED) is 0.199. The minimum atomic E-state index is -0.481. The molecule has 0 bridgehead atoms. The Balaban J connectivity index is 1.32. The number of hydrogen-bond acceptors (Lipinski definition) is 7. The number of hydrogen-bond donors (Lipinski definition) is 2. The van der Waals surface area contributed by atoms with Crippen molar-refractivity contribution in [1.82, 2.24) is 10.7 Å². The summed E-state index contributed by atoms with van der Waals surface area (Å²) in [5, 5.41) is 8.84. The van der Waals surface area contributed by atoms with E-state index in [2.05, 4.69) is 34.0 Å². The highest BCUT2D eigenvalue weighted by atomic mass is 16.5. The molecule has 0 fully saturated rings. The van der Waals surface area contributed by atoms with Gasteiger partial charge in [-0.05, 0) is 65.2 Å². The number of rotatable bonds is 12. The van der Waals surface area contributed by atoms with Gasteiger partial charge in [0.2, 0.25) is 0 Å². The molecule has 0 heterocycles. The van der Waals surface area contributed by atoms with Crippen molar-refractivity contribution in [3.05, 3.63) is 95.6 Å². The first kappa shape index (κ1) is 28.0. The number of nitrogens with zero attached hydrogens (tertiary/aromatic N) is 1. The molecule has 4 aromatic carbocycles. The average molecular weight is 542 g/mol. The summed E-state index contributed by atoms with van der Waals surface area (Å²) in [4.78, 5) is 24.6. The number of methoxy groups -OCH3 is 2. The van der Waals surface area contributed by atoms with Crippen LogP contribution in [0.1, 0.15) is 28.4 Å². The second kappa shape index (κ2) is 13.7. The Kier molecular flexibility index (Phi) is 9.55. The lowest BCUT2D eigenvalue weighted by atomic mass is 10.1. The van der Waals surface area contributed by atoms with Gasteiger partial charge in [-0.25, -0.2) is 5.43 Å². The summed E-state index contributed by atoms with van der Waals surface area (Å²) in [6.07, 6.45) is 1.49. The van der Waals surface area contributed by atoms with Crippen LogP contribution in [0.25, 0.3) is 10.8 Å². The zero-order chi connectivity index (χ0) is 28.3. The third-order valence-corrected chi connectivity index (χ3v) is 5.99. The molecule has 0 radical (unpaired) electrons. The molecule has 0 spiro atoms. The van der Waals surface area contributed by atoms with Crippen LogP contribution >= 0.6 is 0 Å². The Labute approximate surface area is 232 Å². The van der Waals surface area contributed by atoms with Crippen LogP contribution in [0.4, 0.5) is 0 Å². The van der Waals surface area contributed by atoms with Crippen LogP contribution in [0.2, 0.25) is 0 Å². The van der Waals surface area contributed by atoms with E-state index in [4.69, 9.17) is 18.9 Å². The topological polar surface area (TPSA) is 107 Å². The monoisotopic (exact) mass is 541 g/mol. The SMILES string of the molecule is CCOc1cc(/C=N/NC(=O)CNC(=O)c2ccc(OC)c(OC)c2)ccc1OCc1cccc2ccccc12. The molecule has 0 atom stereocenters. The minimum Gasteiger partial charge on any atom is -0.493 e. The van der Waals surface area contributed by atoms with Crippen molar-refractivity contribution < 1.29 is 28.5 Å². The molecule has 0 aliphatic carbocycles. The lowest BCUT2D eigenvalue weighted by molar-refractivity contribution is -0.120. The van der Waals surface area contributed by atoms with Gasteiger partial charge >= 0.3 is 0 Å². The first-order valence-electron chi connectivity index (χ1n) is 12.7. The van der Waals surface area contributed by atoms with Crippen LogP contribution in [0.15, 0.2) is 84.0 Å². The standard InChI is InChI=1S/C31H31N3O6/c1-4-39-29-16-21(12-14-27(29)40-20-24-10-7-9-22-8-5-6-11-25(22)24)18-33-34-30(35)19-32-31(36)23-13-15-26(37-2)28(17-23)38-3/h5-18H,4,19-20H2,1-3H3,(H,32,36)(H,34,35)/b33-18+. The molecule has 9 nitrogen and oxygen atoms in total. The number of carbonyl (C=O) groups is 2. The van der Waals surface area contributed by atoms with E-state index in [1.807, 2.05) is 43.3 Å². The molecule has 0 saturated carbocycles. The van der Waals surface area contributed by atoms with Crippen molar-refractivity contribution in [2.24, 2.45) is 5.10 Å². The van der Waals surface area contributed by atoms with Gasteiger partial charge < -0.3 is 24.3 Å². The summed E-state index contributed by atoms with van der Waals surface area (Å²) in [7, 11) is 2.99. The number of carbonyl (C=O) groups excluding carboxylic acids is 2. The van der Waals surface area contributed by atoms with Crippen molar-refractivity contribution in [3.8, 4) is 23.0 Å². The molecular weight excluding hydrogens is 510 g/mol. The van der Waals surface area contributed by atoms with E-state index in [0.29, 0.717) is 47.3 Å². The van der Waals surface area contributed by atoms with Gasteiger partial charge in [-0.2, -0.15) is 5.10 Å². The van der Waals surface area contributed by atoms with Gasteiger partial charge in [0.15, 0.2) is 23.0 Å². The van der Waals surface area contributed by atoms with Crippen LogP contribution in [-0.2, 0) is 11.4 Å².